The van der Waals surface area contributed by atoms with Crippen LogP contribution in [0.2, 0.25) is 0 Å². The van der Waals surface area contributed by atoms with Crippen molar-refractivity contribution in [2.24, 2.45) is 7.05 Å². The van der Waals surface area contributed by atoms with E-state index in [9.17, 15) is 9.18 Å². The Kier molecular flexibility index (Phi) is 3.84. The fourth-order valence-electron chi connectivity index (χ4n) is 1.40. The van der Waals surface area contributed by atoms with Crippen LogP contribution in [0.4, 0.5) is 4.39 Å². The highest BCUT2D eigenvalue weighted by Gasteiger charge is 2.15. The molecule has 0 amide bonds. The molecule has 0 saturated carbocycles. The molecule has 100 valence electrons. The normalized spacial score (nSPS) is 10.3. The first-order valence-corrected chi connectivity index (χ1v) is 6.05. The number of aryl methyl sites for hydroxylation is 1. The molecule has 0 aliphatic heterocycles. The zero-order chi connectivity index (χ0) is 14.0. The first-order valence-electron chi connectivity index (χ1n) is 5.26. The third-order valence-electron chi connectivity index (χ3n) is 2.32. The molecular formula is C12H10BrFN2O3. The molecule has 0 bridgehead atoms. The first-order chi connectivity index (χ1) is 9.01. The number of nitrogens with zero attached hydrogens (tertiary/aromatic N) is 2. The van der Waals surface area contributed by atoms with Crippen LogP contribution < -0.4 is 4.74 Å². The van der Waals surface area contributed by atoms with Gasteiger partial charge in [-0.2, -0.15) is 4.98 Å². The second-order valence-electron chi connectivity index (χ2n) is 3.69. The minimum atomic E-state index is -0.582. The molecule has 0 N–H and O–H groups in total. The maximum absolute atomic E-state index is 13.6. The second kappa shape index (κ2) is 5.40. The fraction of sp³-hybridized carbons (Fsp3) is 0.167. The van der Waals surface area contributed by atoms with E-state index < -0.39 is 11.8 Å². The summed E-state index contributed by atoms with van der Waals surface area (Å²) in [7, 11) is 2.89. The van der Waals surface area contributed by atoms with Gasteiger partial charge in [0.25, 0.3) is 0 Å². The predicted octanol–water partition coefficient (Wildman–Crippen LogP) is 2.90. The summed E-state index contributed by atoms with van der Waals surface area (Å²) in [6.07, 6.45) is 1.44. The number of halogens is 2. The fourth-order valence-corrected chi connectivity index (χ4v) is 1.74. The smallest absolute Gasteiger partial charge is 0.358 e. The van der Waals surface area contributed by atoms with Gasteiger partial charge < -0.3 is 14.0 Å². The molecule has 0 radical (unpaired) electrons. The summed E-state index contributed by atoms with van der Waals surface area (Å²) in [4.78, 5) is 15.2. The number of ether oxygens (including phenoxy) is 2. The molecule has 0 aliphatic carbocycles. The van der Waals surface area contributed by atoms with Gasteiger partial charge in [-0.3, -0.25) is 0 Å². The van der Waals surface area contributed by atoms with Crippen molar-refractivity contribution in [1.82, 2.24) is 9.55 Å². The van der Waals surface area contributed by atoms with Crippen LogP contribution in [0.1, 0.15) is 10.5 Å². The third-order valence-corrected chi connectivity index (χ3v) is 2.82. The maximum Gasteiger partial charge on any atom is 0.358 e. The van der Waals surface area contributed by atoms with Gasteiger partial charge in [-0.15, -0.1) is 0 Å². The quantitative estimate of drug-likeness (QED) is 0.813. The average molecular weight is 329 g/mol. The van der Waals surface area contributed by atoms with Crippen LogP contribution >= 0.6 is 15.9 Å². The van der Waals surface area contributed by atoms with Crippen molar-refractivity contribution in [2.75, 3.05) is 7.11 Å². The van der Waals surface area contributed by atoms with E-state index in [1.807, 2.05) is 0 Å². The van der Waals surface area contributed by atoms with Gasteiger partial charge in [0, 0.05) is 17.7 Å². The minimum Gasteiger partial charge on any atom is -0.464 e. The zero-order valence-electron chi connectivity index (χ0n) is 10.2. The van der Waals surface area contributed by atoms with Crippen molar-refractivity contribution in [3.8, 4) is 11.8 Å². The van der Waals surface area contributed by atoms with Crippen LogP contribution in [0.25, 0.3) is 0 Å². The first kappa shape index (κ1) is 13.5. The summed E-state index contributed by atoms with van der Waals surface area (Å²) < 4.78 is 25.5. The van der Waals surface area contributed by atoms with Gasteiger partial charge in [-0.05, 0) is 18.2 Å². The number of methoxy groups -OCH3 is 1. The van der Waals surface area contributed by atoms with Gasteiger partial charge >= 0.3 is 12.0 Å². The Morgan fingerprint density at radius 2 is 2.21 bits per heavy atom. The molecule has 2 aromatic rings. The molecule has 0 spiro atoms. The van der Waals surface area contributed by atoms with E-state index in [0.29, 0.717) is 4.47 Å². The molecule has 0 fully saturated rings. The molecule has 0 saturated heterocycles. The Bertz CT molecular complexity index is 627. The summed E-state index contributed by atoms with van der Waals surface area (Å²) in [6, 6.07) is 4.48. The molecule has 0 unspecified atom stereocenters. The average Bonchev–Trinajstić information content (AvgIpc) is 2.73. The van der Waals surface area contributed by atoms with Crippen molar-refractivity contribution in [3.05, 3.63) is 40.4 Å². The van der Waals surface area contributed by atoms with Crippen LogP contribution in [0.5, 0.6) is 11.8 Å². The second-order valence-corrected chi connectivity index (χ2v) is 4.60. The number of imidazole rings is 1. The lowest BCUT2D eigenvalue weighted by atomic mass is 10.3. The van der Waals surface area contributed by atoms with Crippen molar-refractivity contribution in [2.45, 2.75) is 0 Å². The lowest BCUT2D eigenvalue weighted by Gasteiger charge is -2.05. The van der Waals surface area contributed by atoms with Crippen LogP contribution in [-0.2, 0) is 11.8 Å². The van der Waals surface area contributed by atoms with E-state index in [0.717, 1.165) is 0 Å². The predicted molar refractivity (Wildman–Crippen MR) is 68.7 cm³/mol. The monoisotopic (exact) mass is 328 g/mol. The topological polar surface area (TPSA) is 53.4 Å². The highest BCUT2D eigenvalue weighted by Crippen LogP contribution is 2.26. The van der Waals surface area contributed by atoms with Crippen LogP contribution in [0.3, 0.4) is 0 Å². The lowest BCUT2D eigenvalue weighted by Crippen LogP contribution is -2.01. The SMILES string of the molecule is COC(=O)c1cn(C)c(Oc2ccc(Br)cc2F)n1. The molecule has 0 atom stereocenters. The van der Waals surface area contributed by atoms with Crippen molar-refractivity contribution >= 4 is 21.9 Å². The van der Waals surface area contributed by atoms with Gasteiger partial charge in [0.1, 0.15) is 0 Å². The Morgan fingerprint density at radius 3 is 2.84 bits per heavy atom. The Balaban J connectivity index is 2.28. The summed E-state index contributed by atoms with van der Waals surface area (Å²) in [5.74, 6) is -1.09. The number of esters is 1. The number of hydrogen-bond donors (Lipinski definition) is 0. The number of rotatable bonds is 3. The number of carbonyl (C=O) groups excluding carboxylic acids is 1. The molecular weight excluding hydrogens is 319 g/mol. The zero-order valence-corrected chi connectivity index (χ0v) is 11.8. The lowest BCUT2D eigenvalue weighted by molar-refractivity contribution is 0.0594. The van der Waals surface area contributed by atoms with Gasteiger partial charge in [-0.1, -0.05) is 15.9 Å². The molecule has 19 heavy (non-hydrogen) atoms. The van der Waals surface area contributed by atoms with E-state index in [2.05, 4.69) is 25.7 Å². The minimum absolute atomic E-state index is 0.0216. The van der Waals surface area contributed by atoms with E-state index in [4.69, 9.17) is 4.74 Å². The summed E-state index contributed by atoms with van der Waals surface area (Å²) in [5.41, 5.74) is 0.0949. The van der Waals surface area contributed by atoms with Crippen LogP contribution in [0.15, 0.2) is 28.9 Å². The van der Waals surface area contributed by atoms with Crippen molar-refractivity contribution < 1.29 is 18.7 Å². The molecule has 1 aromatic heterocycles. The Morgan fingerprint density at radius 1 is 1.47 bits per heavy atom. The van der Waals surface area contributed by atoms with Crippen molar-refractivity contribution in [3.63, 3.8) is 0 Å². The number of carbonyl (C=O) groups is 1. The maximum atomic E-state index is 13.6. The number of hydrogen-bond acceptors (Lipinski definition) is 4. The van der Waals surface area contributed by atoms with Crippen LogP contribution in [0, 0.1) is 5.82 Å². The number of benzene rings is 1. The van der Waals surface area contributed by atoms with Gasteiger partial charge in [0.05, 0.1) is 7.11 Å². The van der Waals surface area contributed by atoms with Crippen molar-refractivity contribution in [1.29, 1.82) is 0 Å². The van der Waals surface area contributed by atoms with E-state index in [-0.39, 0.29) is 17.5 Å². The summed E-state index contributed by atoms with van der Waals surface area (Å²) in [5, 5.41) is 0. The number of aromatic nitrogens is 2. The van der Waals surface area contributed by atoms with Gasteiger partial charge in [0.2, 0.25) is 0 Å². The van der Waals surface area contributed by atoms with Gasteiger partial charge in [-0.25, -0.2) is 9.18 Å². The van der Waals surface area contributed by atoms with Crippen LogP contribution in [-0.4, -0.2) is 22.6 Å². The Hall–Kier alpha value is -1.89. The Labute approximate surface area is 117 Å². The molecule has 0 aliphatic rings. The highest BCUT2D eigenvalue weighted by molar-refractivity contribution is 9.10. The standard InChI is InChI=1S/C12H10BrFN2O3/c1-16-6-9(11(17)18-2)15-12(16)19-10-4-3-7(13)5-8(10)14/h3-6H,1-2H3. The van der Waals surface area contributed by atoms with Gasteiger partial charge in [0.15, 0.2) is 17.3 Å². The molecule has 1 heterocycles. The summed E-state index contributed by atoms with van der Waals surface area (Å²) >= 11 is 3.15. The van der Waals surface area contributed by atoms with E-state index >= 15 is 0 Å². The molecule has 2 rings (SSSR count). The molecule has 7 heteroatoms. The molecule has 5 nitrogen and oxygen atoms in total. The third kappa shape index (κ3) is 2.93. The largest absolute Gasteiger partial charge is 0.464 e. The van der Waals surface area contributed by atoms with E-state index in [1.54, 1.807) is 13.1 Å². The summed E-state index contributed by atoms with van der Waals surface area (Å²) in [6.45, 7) is 0. The molecule has 1 aromatic carbocycles. The van der Waals surface area contributed by atoms with E-state index in [1.165, 1.54) is 30.0 Å². The highest BCUT2D eigenvalue weighted by atomic mass is 79.9.